The second-order valence-corrected chi connectivity index (χ2v) is 6.52. The van der Waals surface area contributed by atoms with E-state index in [1.54, 1.807) is 6.92 Å². The van der Waals surface area contributed by atoms with Gasteiger partial charge in [-0.05, 0) is 52.9 Å². The fourth-order valence-electron chi connectivity index (χ4n) is 2.94. The van der Waals surface area contributed by atoms with Crippen LogP contribution in [-0.4, -0.2) is 35.4 Å². The summed E-state index contributed by atoms with van der Waals surface area (Å²) >= 11 is 0. The Morgan fingerprint density at radius 2 is 1.95 bits per heavy atom. The normalized spacial score (nSPS) is 20.0. The third-order valence-electron chi connectivity index (χ3n) is 4.06. The maximum atomic E-state index is 11.4. The van der Waals surface area contributed by atoms with Crippen molar-refractivity contribution in [1.29, 1.82) is 0 Å². The van der Waals surface area contributed by atoms with E-state index in [0.29, 0.717) is 12.5 Å². The third kappa shape index (κ3) is 6.23. The van der Waals surface area contributed by atoms with Crippen LogP contribution in [0.2, 0.25) is 0 Å². The molecule has 1 aliphatic carbocycles. The summed E-state index contributed by atoms with van der Waals surface area (Å²) in [6.07, 6.45) is 9.24. The second-order valence-electron chi connectivity index (χ2n) is 6.52. The molecule has 0 amide bonds. The molecule has 1 saturated carbocycles. The Bertz CT molecular complexity index is 287. The van der Waals surface area contributed by atoms with Crippen molar-refractivity contribution in [2.45, 2.75) is 89.8 Å². The lowest BCUT2D eigenvalue weighted by molar-refractivity contribution is -0.144. The van der Waals surface area contributed by atoms with Gasteiger partial charge in [0.1, 0.15) is 5.54 Å². The van der Waals surface area contributed by atoms with E-state index in [9.17, 15) is 9.90 Å². The Balaban J connectivity index is 2.18. The number of hydrogen-bond acceptors (Lipinski definition) is 3. The van der Waals surface area contributed by atoms with Crippen molar-refractivity contribution in [3.8, 4) is 0 Å². The Labute approximate surface area is 123 Å². The number of ether oxygens (including phenoxy) is 1. The Morgan fingerprint density at radius 1 is 1.30 bits per heavy atom. The van der Waals surface area contributed by atoms with E-state index in [1.807, 2.05) is 13.8 Å². The summed E-state index contributed by atoms with van der Waals surface area (Å²) in [5, 5.41) is 12.5. The van der Waals surface area contributed by atoms with Gasteiger partial charge in [0.2, 0.25) is 0 Å². The van der Waals surface area contributed by atoms with Crippen molar-refractivity contribution in [2.75, 3.05) is 6.61 Å². The molecule has 118 valence electrons. The van der Waals surface area contributed by atoms with Crippen molar-refractivity contribution in [3.63, 3.8) is 0 Å². The highest BCUT2D eigenvalue weighted by atomic mass is 16.5. The van der Waals surface area contributed by atoms with Crippen molar-refractivity contribution >= 4 is 5.97 Å². The van der Waals surface area contributed by atoms with E-state index >= 15 is 0 Å². The molecule has 2 N–H and O–H groups in total. The number of rotatable bonds is 9. The molecule has 1 fully saturated rings. The number of carbonyl (C=O) groups is 1. The summed E-state index contributed by atoms with van der Waals surface area (Å²) in [4.78, 5) is 11.4. The molecule has 0 spiro atoms. The van der Waals surface area contributed by atoms with Gasteiger partial charge in [0, 0.05) is 12.6 Å². The SMILES string of the molecule is CC(C)NC(C)(CCCCOC1CCCCC1)C(=O)O. The summed E-state index contributed by atoms with van der Waals surface area (Å²) in [6, 6.07) is 0.176. The summed E-state index contributed by atoms with van der Waals surface area (Å²) < 4.78 is 5.87. The maximum absolute atomic E-state index is 11.4. The van der Waals surface area contributed by atoms with Gasteiger partial charge in [0.05, 0.1) is 6.10 Å². The molecule has 20 heavy (non-hydrogen) atoms. The van der Waals surface area contributed by atoms with Gasteiger partial charge >= 0.3 is 5.97 Å². The van der Waals surface area contributed by atoms with Gasteiger partial charge in [-0.1, -0.05) is 19.3 Å². The molecule has 4 nitrogen and oxygen atoms in total. The van der Waals surface area contributed by atoms with Crippen molar-refractivity contribution in [2.24, 2.45) is 0 Å². The number of nitrogens with one attached hydrogen (secondary N) is 1. The first-order valence-electron chi connectivity index (χ1n) is 8.07. The monoisotopic (exact) mass is 285 g/mol. The van der Waals surface area contributed by atoms with Crippen molar-refractivity contribution < 1.29 is 14.6 Å². The number of carboxylic acids is 1. The van der Waals surface area contributed by atoms with Gasteiger partial charge < -0.3 is 9.84 Å². The molecule has 0 heterocycles. The lowest BCUT2D eigenvalue weighted by Crippen LogP contribution is -2.52. The minimum Gasteiger partial charge on any atom is -0.480 e. The van der Waals surface area contributed by atoms with Crippen LogP contribution in [0.25, 0.3) is 0 Å². The van der Waals surface area contributed by atoms with Crippen LogP contribution in [0.4, 0.5) is 0 Å². The van der Waals surface area contributed by atoms with Gasteiger partial charge in [0.15, 0.2) is 0 Å². The first kappa shape index (κ1) is 17.4. The minimum absolute atomic E-state index is 0.176. The van der Waals surface area contributed by atoms with E-state index in [1.165, 1.54) is 32.1 Å². The van der Waals surface area contributed by atoms with Crippen LogP contribution < -0.4 is 5.32 Å². The molecule has 0 aromatic heterocycles. The average Bonchev–Trinajstić information content (AvgIpc) is 2.38. The number of unbranched alkanes of at least 4 members (excludes halogenated alkanes) is 1. The lowest BCUT2D eigenvalue weighted by Gasteiger charge is -2.29. The highest BCUT2D eigenvalue weighted by molar-refractivity contribution is 5.78. The molecule has 0 bridgehead atoms. The molecular weight excluding hydrogens is 254 g/mol. The summed E-state index contributed by atoms with van der Waals surface area (Å²) in [7, 11) is 0. The summed E-state index contributed by atoms with van der Waals surface area (Å²) in [5.41, 5.74) is -0.820. The van der Waals surface area contributed by atoms with Gasteiger partial charge in [0.25, 0.3) is 0 Å². The molecule has 0 aromatic carbocycles. The Kier molecular flexibility index (Phi) is 7.52. The van der Waals surface area contributed by atoms with Crippen LogP contribution in [0.5, 0.6) is 0 Å². The van der Waals surface area contributed by atoms with E-state index < -0.39 is 11.5 Å². The summed E-state index contributed by atoms with van der Waals surface area (Å²) in [5.74, 6) is -0.764. The van der Waals surface area contributed by atoms with Gasteiger partial charge in [-0.15, -0.1) is 0 Å². The lowest BCUT2D eigenvalue weighted by atomic mass is 9.94. The van der Waals surface area contributed by atoms with Gasteiger partial charge in [-0.25, -0.2) is 0 Å². The zero-order valence-corrected chi connectivity index (χ0v) is 13.3. The van der Waals surface area contributed by atoms with Crippen LogP contribution in [0.3, 0.4) is 0 Å². The van der Waals surface area contributed by atoms with Crippen molar-refractivity contribution in [3.05, 3.63) is 0 Å². The van der Waals surface area contributed by atoms with E-state index in [4.69, 9.17) is 4.74 Å². The minimum atomic E-state index is -0.820. The van der Waals surface area contributed by atoms with Crippen molar-refractivity contribution in [1.82, 2.24) is 5.32 Å². The molecule has 0 aromatic rings. The van der Waals surface area contributed by atoms with Crippen LogP contribution >= 0.6 is 0 Å². The molecule has 0 saturated heterocycles. The smallest absolute Gasteiger partial charge is 0.323 e. The Hall–Kier alpha value is -0.610. The zero-order valence-electron chi connectivity index (χ0n) is 13.3. The molecule has 1 unspecified atom stereocenters. The van der Waals surface area contributed by atoms with Crippen LogP contribution in [0.1, 0.15) is 72.1 Å². The number of carboxylic acid groups (broad SMARTS) is 1. The van der Waals surface area contributed by atoms with E-state index in [2.05, 4.69) is 5.32 Å². The highest BCUT2D eigenvalue weighted by Crippen LogP contribution is 2.21. The standard InChI is InChI=1S/C16H31NO3/c1-13(2)17-16(3,15(18)19)11-7-8-12-20-14-9-5-4-6-10-14/h13-14,17H,4-12H2,1-3H3,(H,18,19). The number of hydrogen-bond donors (Lipinski definition) is 2. The zero-order chi connectivity index (χ0) is 15.0. The molecule has 1 atom stereocenters. The third-order valence-corrected chi connectivity index (χ3v) is 4.06. The molecule has 0 radical (unpaired) electrons. The molecule has 1 rings (SSSR count). The highest BCUT2D eigenvalue weighted by Gasteiger charge is 2.32. The number of aliphatic carboxylic acids is 1. The topological polar surface area (TPSA) is 58.6 Å². The Morgan fingerprint density at radius 3 is 2.50 bits per heavy atom. The second kappa shape index (κ2) is 8.63. The summed E-state index contributed by atoms with van der Waals surface area (Å²) in [6.45, 7) is 6.50. The quantitative estimate of drug-likeness (QED) is 0.638. The molecule has 0 aliphatic heterocycles. The van der Waals surface area contributed by atoms with Crippen LogP contribution in [-0.2, 0) is 9.53 Å². The first-order valence-corrected chi connectivity index (χ1v) is 8.07. The largest absolute Gasteiger partial charge is 0.480 e. The van der Waals surface area contributed by atoms with Gasteiger partial charge in [-0.3, -0.25) is 10.1 Å². The fraction of sp³-hybridized carbons (Fsp3) is 0.938. The molecule has 1 aliphatic rings. The average molecular weight is 285 g/mol. The maximum Gasteiger partial charge on any atom is 0.323 e. The molecular formula is C16H31NO3. The first-order chi connectivity index (χ1) is 9.44. The predicted octanol–water partition coefficient (Wildman–Crippen LogP) is 3.35. The van der Waals surface area contributed by atoms with E-state index in [-0.39, 0.29) is 6.04 Å². The van der Waals surface area contributed by atoms with Crippen LogP contribution in [0, 0.1) is 0 Å². The molecule has 4 heteroatoms. The van der Waals surface area contributed by atoms with Gasteiger partial charge in [-0.2, -0.15) is 0 Å². The fourth-order valence-corrected chi connectivity index (χ4v) is 2.94. The predicted molar refractivity (Wildman–Crippen MR) is 81.0 cm³/mol. The van der Waals surface area contributed by atoms with Crippen LogP contribution in [0.15, 0.2) is 0 Å². The van der Waals surface area contributed by atoms with E-state index in [0.717, 1.165) is 19.4 Å².